The molecule has 0 aliphatic heterocycles. The van der Waals surface area contributed by atoms with Gasteiger partial charge in [-0.15, -0.1) is 0 Å². The topological polar surface area (TPSA) is 64.6 Å². The van der Waals surface area contributed by atoms with Crippen LogP contribution < -0.4 is 4.74 Å². The van der Waals surface area contributed by atoms with Crippen molar-refractivity contribution in [2.45, 2.75) is 25.1 Å². The lowest BCUT2D eigenvalue weighted by Crippen LogP contribution is -2.16. The van der Waals surface area contributed by atoms with Crippen LogP contribution in [0.25, 0.3) is 0 Å². The molecule has 8 heteroatoms. The zero-order chi connectivity index (χ0) is 13.5. The summed E-state index contributed by atoms with van der Waals surface area (Å²) in [5.41, 5.74) is 0. The Morgan fingerprint density at radius 3 is 2.78 bits per heavy atom. The van der Waals surface area contributed by atoms with Crippen LogP contribution in [0.15, 0.2) is 5.16 Å². The second-order valence-electron chi connectivity index (χ2n) is 3.87. The van der Waals surface area contributed by atoms with Crippen molar-refractivity contribution in [2.75, 3.05) is 27.3 Å². The number of carbonyl (C=O) groups excluding carboxylic acids is 1. The minimum Gasteiger partial charge on any atom is -0.467 e. The van der Waals surface area contributed by atoms with Gasteiger partial charge in [0.1, 0.15) is 6.61 Å². The Morgan fingerprint density at radius 2 is 2.17 bits per heavy atom. The zero-order valence-corrected chi connectivity index (χ0v) is 12.5. The molecule has 0 N–H and O–H groups in total. The van der Waals surface area contributed by atoms with E-state index < -0.39 is 0 Å². The van der Waals surface area contributed by atoms with Crippen molar-refractivity contribution in [1.82, 2.24) is 14.3 Å². The van der Waals surface area contributed by atoms with Gasteiger partial charge in [-0.3, -0.25) is 4.79 Å². The Balaban J connectivity index is 2.32. The van der Waals surface area contributed by atoms with Gasteiger partial charge in [0.05, 0.1) is 12.7 Å². The Morgan fingerprint density at radius 1 is 1.44 bits per heavy atom. The first-order valence-electron chi connectivity index (χ1n) is 5.46. The van der Waals surface area contributed by atoms with Gasteiger partial charge in [-0.1, -0.05) is 0 Å². The molecule has 1 amide bonds. The van der Waals surface area contributed by atoms with Gasteiger partial charge in [-0.25, -0.2) is 0 Å². The Labute approximate surface area is 115 Å². The van der Waals surface area contributed by atoms with E-state index in [1.165, 1.54) is 4.90 Å². The van der Waals surface area contributed by atoms with Crippen LogP contribution in [0.2, 0.25) is 0 Å². The molecule has 0 aliphatic rings. The summed E-state index contributed by atoms with van der Waals surface area (Å²) in [5, 5.41) is 0.761. The highest BCUT2D eigenvalue weighted by atomic mass is 32.2. The number of hydrogen-bond acceptors (Lipinski definition) is 7. The third kappa shape index (κ3) is 5.65. The fourth-order valence-corrected chi connectivity index (χ4v) is 2.13. The molecule has 0 radical (unpaired) electrons. The third-order valence-corrected chi connectivity index (χ3v) is 3.34. The fourth-order valence-electron chi connectivity index (χ4n) is 0.879. The smallest absolute Gasteiger partial charge is 0.294 e. The van der Waals surface area contributed by atoms with Gasteiger partial charge in [0.15, 0.2) is 0 Å². The number of amides is 1. The first-order valence-corrected chi connectivity index (χ1v) is 7.05. The van der Waals surface area contributed by atoms with Crippen LogP contribution in [0.4, 0.5) is 4.79 Å². The van der Waals surface area contributed by atoms with Gasteiger partial charge >= 0.3 is 0 Å². The average molecular weight is 291 g/mol. The monoisotopic (exact) mass is 291 g/mol. The van der Waals surface area contributed by atoms with Gasteiger partial charge in [-0.05, 0) is 13.8 Å². The zero-order valence-electron chi connectivity index (χ0n) is 10.9. The maximum absolute atomic E-state index is 11.4. The van der Waals surface area contributed by atoms with Crippen molar-refractivity contribution in [2.24, 2.45) is 0 Å². The van der Waals surface area contributed by atoms with Crippen molar-refractivity contribution in [3.05, 3.63) is 0 Å². The van der Waals surface area contributed by atoms with E-state index in [-0.39, 0.29) is 11.3 Å². The van der Waals surface area contributed by atoms with Crippen LogP contribution in [0, 0.1) is 0 Å². The van der Waals surface area contributed by atoms with Crippen LogP contribution in [0.1, 0.15) is 13.8 Å². The molecule has 0 aromatic carbocycles. The first kappa shape index (κ1) is 15.2. The summed E-state index contributed by atoms with van der Waals surface area (Å²) >= 11 is 2.11. The number of hydrogen-bond donors (Lipinski definition) is 0. The van der Waals surface area contributed by atoms with E-state index in [9.17, 15) is 4.79 Å². The maximum Gasteiger partial charge on any atom is 0.294 e. The number of aromatic nitrogens is 2. The second-order valence-corrected chi connectivity index (χ2v) is 5.51. The van der Waals surface area contributed by atoms with E-state index in [0.29, 0.717) is 23.6 Å². The van der Waals surface area contributed by atoms with Crippen LogP contribution in [0.5, 0.6) is 5.19 Å². The van der Waals surface area contributed by atoms with Gasteiger partial charge in [-0.2, -0.15) is 9.36 Å². The van der Waals surface area contributed by atoms with Crippen LogP contribution in [-0.2, 0) is 4.74 Å². The highest BCUT2D eigenvalue weighted by Gasteiger charge is 2.12. The van der Waals surface area contributed by atoms with E-state index in [1.54, 1.807) is 14.1 Å². The SMILES string of the molecule is CC(C)OCCOc1nc(SC(=O)N(C)C)ns1. The summed E-state index contributed by atoms with van der Waals surface area (Å²) in [6, 6.07) is 0. The molecule has 102 valence electrons. The number of nitrogens with zero attached hydrogens (tertiary/aromatic N) is 3. The van der Waals surface area contributed by atoms with Gasteiger partial charge in [0, 0.05) is 37.4 Å². The molecule has 1 aromatic heterocycles. The van der Waals surface area contributed by atoms with Crippen molar-refractivity contribution >= 4 is 28.5 Å². The maximum atomic E-state index is 11.4. The van der Waals surface area contributed by atoms with Crippen molar-refractivity contribution in [3.8, 4) is 5.19 Å². The molecule has 0 saturated heterocycles. The summed E-state index contributed by atoms with van der Waals surface area (Å²) < 4.78 is 14.7. The Kier molecular flexibility index (Phi) is 6.37. The molecule has 0 bridgehead atoms. The molecule has 0 aliphatic carbocycles. The molecule has 1 heterocycles. The largest absolute Gasteiger partial charge is 0.467 e. The standard InChI is InChI=1S/C10H17N3O3S2/c1-7(2)15-5-6-16-9-11-8(12-18-9)17-10(14)13(3)4/h7H,5-6H2,1-4H3. The Bertz CT molecular complexity index is 382. The third-order valence-electron chi connectivity index (χ3n) is 1.69. The van der Waals surface area contributed by atoms with Crippen LogP contribution in [0.3, 0.4) is 0 Å². The molecular weight excluding hydrogens is 274 g/mol. The van der Waals surface area contributed by atoms with E-state index in [0.717, 1.165) is 23.3 Å². The molecular formula is C10H17N3O3S2. The highest BCUT2D eigenvalue weighted by Crippen LogP contribution is 2.23. The number of carbonyl (C=O) groups is 1. The van der Waals surface area contributed by atoms with Crippen LogP contribution >= 0.6 is 23.3 Å². The van der Waals surface area contributed by atoms with E-state index in [1.807, 2.05) is 13.8 Å². The van der Waals surface area contributed by atoms with E-state index in [4.69, 9.17) is 9.47 Å². The van der Waals surface area contributed by atoms with Gasteiger partial charge in [0.2, 0.25) is 5.16 Å². The lowest BCUT2D eigenvalue weighted by molar-refractivity contribution is 0.0551. The summed E-state index contributed by atoms with van der Waals surface area (Å²) in [4.78, 5) is 17.0. The summed E-state index contributed by atoms with van der Waals surface area (Å²) in [6.07, 6.45) is 0.187. The van der Waals surface area contributed by atoms with E-state index in [2.05, 4.69) is 9.36 Å². The summed E-state index contributed by atoms with van der Waals surface area (Å²) in [7, 11) is 3.37. The van der Waals surface area contributed by atoms with E-state index >= 15 is 0 Å². The molecule has 0 unspecified atom stereocenters. The van der Waals surface area contributed by atoms with Gasteiger partial charge in [0.25, 0.3) is 10.4 Å². The van der Waals surface area contributed by atoms with Crippen molar-refractivity contribution < 1.29 is 14.3 Å². The molecule has 1 aromatic rings. The highest BCUT2D eigenvalue weighted by molar-refractivity contribution is 8.13. The fraction of sp³-hybridized carbons (Fsp3) is 0.700. The lowest BCUT2D eigenvalue weighted by atomic mass is 10.5. The molecule has 0 atom stereocenters. The van der Waals surface area contributed by atoms with Crippen molar-refractivity contribution in [3.63, 3.8) is 0 Å². The number of thioether (sulfide) groups is 1. The van der Waals surface area contributed by atoms with Crippen molar-refractivity contribution in [1.29, 1.82) is 0 Å². The lowest BCUT2D eigenvalue weighted by Gasteiger charge is -2.07. The summed E-state index contributed by atoms with van der Waals surface area (Å²) in [6.45, 7) is 4.87. The predicted molar refractivity (Wildman–Crippen MR) is 71.4 cm³/mol. The van der Waals surface area contributed by atoms with Crippen LogP contribution in [-0.4, -0.2) is 52.9 Å². The minimum atomic E-state index is -0.109. The molecule has 6 nitrogen and oxygen atoms in total. The minimum absolute atomic E-state index is 0.109. The molecule has 1 rings (SSSR count). The predicted octanol–water partition coefficient (Wildman–Crippen LogP) is 2.12. The summed E-state index contributed by atoms with van der Waals surface area (Å²) in [5.74, 6) is 0. The quantitative estimate of drug-likeness (QED) is 0.591. The van der Waals surface area contributed by atoms with Gasteiger partial charge < -0.3 is 14.4 Å². The second kappa shape index (κ2) is 7.55. The molecule has 0 fully saturated rings. The normalized spacial score (nSPS) is 10.7. The molecule has 0 saturated carbocycles. The number of ether oxygens (including phenoxy) is 2. The molecule has 18 heavy (non-hydrogen) atoms. The average Bonchev–Trinajstić information content (AvgIpc) is 2.72. The molecule has 0 spiro atoms. The Hall–Kier alpha value is -0.860. The number of rotatable bonds is 6. The first-order chi connectivity index (χ1) is 8.49.